The fraction of sp³-hybridized carbons (Fsp3) is 0.250. The molecule has 0 bridgehead atoms. The first kappa shape index (κ1) is 8.83. The first-order chi connectivity index (χ1) is 5.69. The van der Waals surface area contributed by atoms with Crippen LogP contribution in [0.4, 0.5) is 0 Å². The molecule has 1 aromatic carbocycles. The van der Waals surface area contributed by atoms with Crippen LogP contribution in [0.25, 0.3) is 0 Å². The van der Waals surface area contributed by atoms with Crippen molar-refractivity contribution in [2.24, 2.45) is 11.5 Å². The van der Waals surface area contributed by atoms with E-state index >= 15 is 0 Å². The molecule has 0 aliphatic carbocycles. The van der Waals surface area contributed by atoms with E-state index in [1.807, 2.05) is 0 Å². The number of aromatic hydroxyl groups is 2. The molecule has 12 heavy (non-hydrogen) atoms. The van der Waals surface area contributed by atoms with Gasteiger partial charge in [0, 0.05) is 18.7 Å². The van der Waals surface area contributed by atoms with Gasteiger partial charge < -0.3 is 21.7 Å². The first-order valence-electron chi connectivity index (χ1n) is 3.63. The van der Waals surface area contributed by atoms with Crippen LogP contribution in [0.15, 0.2) is 12.1 Å². The van der Waals surface area contributed by atoms with E-state index in [1.54, 1.807) is 6.07 Å². The molecule has 4 nitrogen and oxygen atoms in total. The van der Waals surface area contributed by atoms with Crippen LogP contribution in [0.1, 0.15) is 11.1 Å². The van der Waals surface area contributed by atoms with Crippen molar-refractivity contribution in [3.8, 4) is 11.5 Å². The Morgan fingerprint density at radius 3 is 2.25 bits per heavy atom. The molecule has 1 rings (SSSR count). The SMILES string of the molecule is NCc1cc(O)c(O)c(CN)c1. The quantitative estimate of drug-likeness (QED) is 0.468. The molecule has 0 aromatic heterocycles. The molecule has 1 aromatic rings. The smallest absolute Gasteiger partial charge is 0.161 e. The second kappa shape index (κ2) is 3.42. The molecule has 0 radical (unpaired) electrons. The van der Waals surface area contributed by atoms with E-state index in [1.165, 1.54) is 6.07 Å². The van der Waals surface area contributed by atoms with Gasteiger partial charge in [0.05, 0.1) is 0 Å². The molecule has 0 aliphatic rings. The van der Waals surface area contributed by atoms with E-state index in [2.05, 4.69) is 0 Å². The Bertz CT molecular complexity index is 287. The van der Waals surface area contributed by atoms with Gasteiger partial charge >= 0.3 is 0 Å². The number of hydrogen-bond acceptors (Lipinski definition) is 4. The van der Waals surface area contributed by atoms with Crippen molar-refractivity contribution >= 4 is 0 Å². The van der Waals surface area contributed by atoms with Crippen molar-refractivity contribution in [3.05, 3.63) is 23.3 Å². The van der Waals surface area contributed by atoms with Gasteiger partial charge in [-0.15, -0.1) is 0 Å². The van der Waals surface area contributed by atoms with Crippen molar-refractivity contribution in [2.45, 2.75) is 13.1 Å². The maximum Gasteiger partial charge on any atom is 0.161 e. The molecular weight excluding hydrogens is 156 g/mol. The van der Waals surface area contributed by atoms with Crippen LogP contribution in [0.3, 0.4) is 0 Å². The molecule has 0 spiro atoms. The molecule has 0 saturated heterocycles. The Morgan fingerprint density at radius 2 is 1.75 bits per heavy atom. The van der Waals surface area contributed by atoms with Gasteiger partial charge in [-0.1, -0.05) is 0 Å². The van der Waals surface area contributed by atoms with Crippen LogP contribution < -0.4 is 11.5 Å². The van der Waals surface area contributed by atoms with Crippen molar-refractivity contribution < 1.29 is 10.2 Å². The summed E-state index contributed by atoms with van der Waals surface area (Å²) in [7, 11) is 0. The average Bonchev–Trinajstić information content (AvgIpc) is 2.09. The van der Waals surface area contributed by atoms with E-state index in [0.717, 1.165) is 5.56 Å². The molecular formula is C8H12N2O2. The fourth-order valence-electron chi connectivity index (χ4n) is 1.02. The maximum absolute atomic E-state index is 9.25. The van der Waals surface area contributed by atoms with E-state index < -0.39 is 0 Å². The highest BCUT2D eigenvalue weighted by atomic mass is 16.3. The lowest BCUT2D eigenvalue weighted by Gasteiger charge is -2.06. The Morgan fingerprint density at radius 1 is 1.08 bits per heavy atom. The summed E-state index contributed by atoms with van der Waals surface area (Å²) in [5.41, 5.74) is 12.0. The molecule has 0 atom stereocenters. The molecule has 6 N–H and O–H groups in total. The number of phenols is 2. The zero-order valence-corrected chi connectivity index (χ0v) is 6.62. The van der Waals surface area contributed by atoms with E-state index in [0.29, 0.717) is 12.1 Å². The summed E-state index contributed by atoms with van der Waals surface area (Å²) < 4.78 is 0. The van der Waals surface area contributed by atoms with Crippen molar-refractivity contribution in [2.75, 3.05) is 0 Å². The van der Waals surface area contributed by atoms with Crippen LogP contribution in [0.5, 0.6) is 11.5 Å². The Labute approximate surface area is 70.4 Å². The van der Waals surface area contributed by atoms with Gasteiger partial charge in [-0.25, -0.2) is 0 Å². The zero-order valence-electron chi connectivity index (χ0n) is 6.62. The number of phenolic OH excluding ortho intramolecular Hbond substituents is 2. The van der Waals surface area contributed by atoms with E-state index in [9.17, 15) is 10.2 Å². The van der Waals surface area contributed by atoms with Gasteiger partial charge in [-0.2, -0.15) is 0 Å². The summed E-state index contributed by atoms with van der Waals surface area (Å²) in [6.45, 7) is 0.508. The van der Waals surface area contributed by atoms with Gasteiger partial charge in [-0.05, 0) is 17.7 Å². The van der Waals surface area contributed by atoms with E-state index in [-0.39, 0.29) is 18.0 Å². The van der Waals surface area contributed by atoms with Crippen LogP contribution in [-0.4, -0.2) is 10.2 Å². The minimum atomic E-state index is -0.168. The monoisotopic (exact) mass is 168 g/mol. The first-order valence-corrected chi connectivity index (χ1v) is 3.63. The molecule has 0 unspecified atom stereocenters. The highest BCUT2D eigenvalue weighted by molar-refractivity contribution is 5.47. The average molecular weight is 168 g/mol. The summed E-state index contributed by atoms with van der Waals surface area (Å²) >= 11 is 0. The van der Waals surface area contributed by atoms with Gasteiger partial charge in [0.1, 0.15) is 0 Å². The number of rotatable bonds is 2. The Kier molecular flexibility index (Phi) is 2.52. The number of benzene rings is 1. The summed E-state index contributed by atoms with van der Waals surface area (Å²) in [5, 5.41) is 18.4. The summed E-state index contributed by atoms with van der Waals surface area (Å²) in [6.07, 6.45) is 0. The normalized spacial score (nSPS) is 10.2. The zero-order chi connectivity index (χ0) is 9.14. The molecule has 0 aliphatic heterocycles. The van der Waals surface area contributed by atoms with Gasteiger partial charge in [0.2, 0.25) is 0 Å². The highest BCUT2D eigenvalue weighted by Crippen LogP contribution is 2.29. The minimum Gasteiger partial charge on any atom is -0.504 e. The minimum absolute atomic E-state index is 0.158. The van der Waals surface area contributed by atoms with Gasteiger partial charge in [0.25, 0.3) is 0 Å². The summed E-state index contributed by atoms with van der Waals surface area (Å²) in [6, 6.07) is 3.10. The second-order valence-electron chi connectivity index (χ2n) is 2.53. The predicted octanol–water partition coefficient (Wildman–Crippen LogP) is 0.0152. The third kappa shape index (κ3) is 1.49. The fourth-order valence-corrected chi connectivity index (χ4v) is 1.02. The van der Waals surface area contributed by atoms with E-state index in [4.69, 9.17) is 11.5 Å². The summed E-state index contributed by atoms with van der Waals surface area (Å²) in [5.74, 6) is -0.326. The molecule has 4 heteroatoms. The van der Waals surface area contributed by atoms with Gasteiger partial charge in [-0.3, -0.25) is 0 Å². The van der Waals surface area contributed by atoms with Crippen LogP contribution in [0, 0.1) is 0 Å². The van der Waals surface area contributed by atoms with Crippen molar-refractivity contribution in [3.63, 3.8) is 0 Å². The number of hydrogen-bond donors (Lipinski definition) is 4. The highest BCUT2D eigenvalue weighted by Gasteiger charge is 2.06. The molecule has 0 amide bonds. The third-order valence-corrected chi connectivity index (χ3v) is 1.68. The van der Waals surface area contributed by atoms with Crippen LogP contribution in [-0.2, 0) is 13.1 Å². The lowest BCUT2D eigenvalue weighted by Crippen LogP contribution is -2.01. The number of nitrogens with two attached hydrogens (primary N) is 2. The third-order valence-electron chi connectivity index (χ3n) is 1.68. The van der Waals surface area contributed by atoms with Crippen molar-refractivity contribution in [1.82, 2.24) is 0 Å². The van der Waals surface area contributed by atoms with Crippen LogP contribution in [0.2, 0.25) is 0 Å². The molecule has 0 saturated carbocycles. The second-order valence-corrected chi connectivity index (χ2v) is 2.53. The predicted molar refractivity (Wildman–Crippen MR) is 45.6 cm³/mol. The van der Waals surface area contributed by atoms with Crippen molar-refractivity contribution in [1.29, 1.82) is 0 Å². The standard InChI is InChI=1S/C8H12N2O2/c9-3-5-1-6(4-10)8(12)7(11)2-5/h1-2,11-12H,3-4,9-10H2. The van der Waals surface area contributed by atoms with Crippen LogP contribution >= 0.6 is 0 Å². The maximum atomic E-state index is 9.25. The lowest BCUT2D eigenvalue weighted by molar-refractivity contribution is 0.399. The summed E-state index contributed by atoms with van der Waals surface area (Å²) in [4.78, 5) is 0. The largest absolute Gasteiger partial charge is 0.504 e. The molecule has 66 valence electrons. The van der Waals surface area contributed by atoms with Gasteiger partial charge in [0.15, 0.2) is 11.5 Å². The molecule has 0 fully saturated rings. The Balaban J connectivity index is 3.19. The lowest BCUT2D eigenvalue weighted by atomic mass is 10.1. The topological polar surface area (TPSA) is 92.5 Å². The Hall–Kier alpha value is -1.26. The molecule has 0 heterocycles.